The largest absolute Gasteiger partial charge is 0.379 e. The first-order chi connectivity index (χ1) is 14.5. The summed E-state index contributed by atoms with van der Waals surface area (Å²) in [6.07, 6.45) is 0.608. The second-order valence-electron chi connectivity index (χ2n) is 7.14. The molecule has 0 unspecified atom stereocenters. The normalized spacial score (nSPS) is 14.3. The van der Waals surface area contributed by atoms with Crippen LogP contribution in [0.1, 0.15) is 17.5 Å². The molecule has 0 saturated carbocycles. The summed E-state index contributed by atoms with van der Waals surface area (Å²) in [5, 5.41) is 6.81. The molecule has 1 fully saturated rings. The summed E-state index contributed by atoms with van der Waals surface area (Å²) in [6, 6.07) is 12.5. The van der Waals surface area contributed by atoms with Crippen LogP contribution in [0.25, 0.3) is 0 Å². The standard InChI is InChI=1S/C22H25Cl2N3O3/c23-18-5-4-17(20(24)14-18)13-22(29)25-15-16-2-1-3-19(12-16)26-21(28)6-7-27-8-10-30-11-9-27/h1-5,12,14H,6-11,13,15H2,(H,25,29)(H,26,28). The van der Waals surface area contributed by atoms with Gasteiger partial charge < -0.3 is 15.4 Å². The Kier molecular flexibility index (Phi) is 8.51. The van der Waals surface area contributed by atoms with Gasteiger partial charge in [-0.3, -0.25) is 14.5 Å². The molecule has 2 N–H and O–H groups in total. The van der Waals surface area contributed by atoms with E-state index in [1.807, 2.05) is 24.3 Å². The molecule has 6 nitrogen and oxygen atoms in total. The van der Waals surface area contributed by atoms with Crippen molar-refractivity contribution in [1.82, 2.24) is 10.2 Å². The molecule has 2 amide bonds. The van der Waals surface area contributed by atoms with Gasteiger partial charge in [-0.1, -0.05) is 41.4 Å². The van der Waals surface area contributed by atoms with Crippen LogP contribution in [0.5, 0.6) is 0 Å². The molecule has 0 atom stereocenters. The number of nitrogens with zero attached hydrogens (tertiary/aromatic N) is 1. The Morgan fingerprint density at radius 1 is 1.03 bits per heavy atom. The zero-order chi connectivity index (χ0) is 21.3. The van der Waals surface area contributed by atoms with Gasteiger partial charge in [-0.25, -0.2) is 0 Å². The highest BCUT2D eigenvalue weighted by atomic mass is 35.5. The van der Waals surface area contributed by atoms with Gasteiger partial charge in [-0.05, 0) is 35.4 Å². The Morgan fingerprint density at radius 2 is 1.83 bits per heavy atom. The Labute approximate surface area is 186 Å². The van der Waals surface area contributed by atoms with Crippen LogP contribution in [0, 0.1) is 0 Å². The van der Waals surface area contributed by atoms with E-state index in [1.54, 1.807) is 18.2 Å². The molecule has 0 aromatic heterocycles. The summed E-state index contributed by atoms with van der Waals surface area (Å²) in [7, 11) is 0. The molecule has 0 radical (unpaired) electrons. The minimum atomic E-state index is -0.140. The fourth-order valence-electron chi connectivity index (χ4n) is 3.17. The van der Waals surface area contributed by atoms with E-state index < -0.39 is 0 Å². The van der Waals surface area contributed by atoms with Crippen molar-refractivity contribution in [3.8, 4) is 0 Å². The number of amides is 2. The fourth-order valence-corrected chi connectivity index (χ4v) is 3.64. The lowest BCUT2D eigenvalue weighted by atomic mass is 10.1. The van der Waals surface area contributed by atoms with Gasteiger partial charge in [0.15, 0.2) is 0 Å². The van der Waals surface area contributed by atoms with Gasteiger partial charge in [0.25, 0.3) is 0 Å². The Hall–Kier alpha value is -2.12. The Morgan fingerprint density at radius 3 is 2.60 bits per heavy atom. The molecule has 0 spiro atoms. The van der Waals surface area contributed by atoms with E-state index in [1.165, 1.54) is 0 Å². The number of hydrogen-bond acceptors (Lipinski definition) is 4. The van der Waals surface area contributed by atoms with Gasteiger partial charge in [0.2, 0.25) is 11.8 Å². The van der Waals surface area contributed by atoms with Crippen LogP contribution < -0.4 is 10.6 Å². The topological polar surface area (TPSA) is 70.7 Å². The van der Waals surface area contributed by atoms with E-state index in [0.717, 1.165) is 49.7 Å². The number of hydrogen-bond donors (Lipinski definition) is 2. The molecule has 2 aromatic rings. The molecule has 2 aromatic carbocycles. The lowest BCUT2D eigenvalue weighted by Gasteiger charge is -2.26. The average molecular weight is 450 g/mol. The zero-order valence-corrected chi connectivity index (χ0v) is 18.1. The molecule has 1 aliphatic rings. The first kappa shape index (κ1) is 22.6. The van der Waals surface area contributed by atoms with Crippen molar-refractivity contribution in [2.24, 2.45) is 0 Å². The van der Waals surface area contributed by atoms with E-state index in [9.17, 15) is 9.59 Å². The quantitative estimate of drug-likeness (QED) is 0.646. The van der Waals surface area contributed by atoms with Gasteiger partial charge in [0, 0.05) is 48.3 Å². The lowest BCUT2D eigenvalue weighted by molar-refractivity contribution is -0.120. The number of carbonyl (C=O) groups is 2. The van der Waals surface area contributed by atoms with E-state index in [0.29, 0.717) is 23.0 Å². The Balaban J connectivity index is 1.45. The highest BCUT2D eigenvalue weighted by molar-refractivity contribution is 6.35. The summed E-state index contributed by atoms with van der Waals surface area (Å²) < 4.78 is 5.31. The van der Waals surface area contributed by atoms with E-state index in [4.69, 9.17) is 27.9 Å². The second kappa shape index (κ2) is 11.3. The molecular formula is C22H25Cl2N3O3. The number of nitrogens with one attached hydrogen (secondary N) is 2. The molecular weight excluding hydrogens is 425 g/mol. The van der Waals surface area contributed by atoms with E-state index >= 15 is 0 Å². The number of benzene rings is 2. The van der Waals surface area contributed by atoms with Gasteiger partial charge in [0.1, 0.15) is 0 Å². The minimum Gasteiger partial charge on any atom is -0.379 e. The maximum Gasteiger partial charge on any atom is 0.225 e. The maximum absolute atomic E-state index is 12.2. The molecule has 1 saturated heterocycles. The van der Waals surface area contributed by atoms with Crippen LogP contribution in [-0.2, 0) is 27.3 Å². The molecule has 30 heavy (non-hydrogen) atoms. The van der Waals surface area contributed by atoms with Crippen LogP contribution in [-0.4, -0.2) is 49.6 Å². The van der Waals surface area contributed by atoms with Crippen molar-refractivity contribution >= 4 is 40.7 Å². The van der Waals surface area contributed by atoms with Crippen LogP contribution in [0.15, 0.2) is 42.5 Å². The third-order valence-electron chi connectivity index (χ3n) is 4.83. The van der Waals surface area contributed by atoms with Crippen molar-refractivity contribution in [3.63, 3.8) is 0 Å². The number of halogens is 2. The predicted octanol–water partition coefficient (Wildman–Crippen LogP) is 3.51. The summed E-state index contributed by atoms with van der Waals surface area (Å²) in [4.78, 5) is 26.7. The molecule has 0 bridgehead atoms. The smallest absolute Gasteiger partial charge is 0.225 e. The summed E-state index contributed by atoms with van der Waals surface area (Å²) in [5.74, 6) is -0.167. The maximum atomic E-state index is 12.2. The summed E-state index contributed by atoms with van der Waals surface area (Å²) in [6.45, 7) is 4.26. The third kappa shape index (κ3) is 7.29. The predicted molar refractivity (Wildman–Crippen MR) is 119 cm³/mol. The molecule has 0 aliphatic carbocycles. The SMILES string of the molecule is O=C(Cc1ccc(Cl)cc1Cl)NCc1cccc(NC(=O)CCN2CCOCC2)c1. The minimum absolute atomic E-state index is 0.0277. The van der Waals surface area contributed by atoms with Crippen molar-refractivity contribution in [3.05, 3.63) is 63.6 Å². The van der Waals surface area contributed by atoms with Gasteiger partial charge >= 0.3 is 0 Å². The zero-order valence-electron chi connectivity index (χ0n) is 16.6. The molecule has 3 rings (SSSR count). The van der Waals surface area contributed by atoms with Gasteiger partial charge in [-0.15, -0.1) is 0 Å². The molecule has 1 aliphatic heterocycles. The first-order valence-electron chi connectivity index (χ1n) is 9.89. The van der Waals surface area contributed by atoms with Crippen molar-refractivity contribution < 1.29 is 14.3 Å². The monoisotopic (exact) mass is 449 g/mol. The number of morpholine rings is 1. The van der Waals surface area contributed by atoms with Gasteiger partial charge in [0.05, 0.1) is 19.6 Å². The first-order valence-corrected chi connectivity index (χ1v) is 10.6. The number of anilines is 1. The van der Waals surface area contributed by atoms with E-state index in [2.05, 4.69) is 15.5 Å². The summed E-state index contributed by atoms with van der Waals surface area (Å²) in [5.41, 5.74) is 2.34. The number of ether oxygens (including phenoxy) is 1. The van der Waals surface area contributed by atoms with E-state index in [-0.39, 0.29) is 18.2 Å². The third-order valence-corrected chi connectivity index (χ3v) is 5.41. The molecule has 160 valence electrons. The van der Waals surface area contributed by atoms with Crippen molar-refractivity contribution in [2.45, 2.75) is 19.4 Å². The van der Waals surface area contributed by atoms with Crippen LogP contribution in [0.3, 0.4) is 0 Å². The summed E-state index contributed by atoms with van der Waals surface area (Å²) >= 11 is 12.0. The highest BCUT2D eigenvalue weighted by Gasteiger charge is 2.12. The molecule has 1 heterocycles. The van der Waals surface area contributed by atoms with Crippen LogP contribution in [0.4, 0.5) is 5.69 Å². The van der Waals surface area contributed by atoms with Crippen LogP contribution in [0.2, 0.25) is 10.0 Å². The number of rotatable bonds is 8. The van der Waals surface area contributed by atoms with Crippen molar-refractivity contribution in [2.75, 3.05) is 38.2 Å². The highest BCUT2D eigenvalue weighted by Crippen LogP contribution is 2.21. The second-order valence-corrected chi connectivity index (χ2v) is 7.99. The lowest BCUT2D eigenvalue weighted by Crippen LogP contribution is -2.38. The average Bonchev–Trinajstić information content (AvgIpc) is 2.74. The number of carbonyl (C=O) groups excluding carboxylic acids is 2. The molecule has 8 heteroatoms. The van der Waals surface area contributed by atoms with Gasteiger partial charge in [-0.2, -0.15) is 0 Å². The van der Waals surface area contributed by atoms with Crippen molar-refractivity contribution in [1.29, 1.82) is 0 Å². The van der Waals surface area contributed by atoms with Crippen LogP contribution >= 0.6 is 23.2 Å². The Bertz CT molecular complexity index is 886. The fraction of sp³-hybridized carbons (Fsp3) is 0.364.